The number of thiazole rings is 1. The van der Waals surface area contributed by atoms with Crippen LogP contribution in [-0.4, -0.2) is 32.4 Å². The highest BCUT2D eigenvalue weighted by molar-refractivity contribution is 8.01. The number of aliphatic hydroxyl groups is 1. The van der Waals surface area contributed by atoms with Crippen molar-refractivity contribution in [2.24, 2.45) is 4.99 Å². The number of non-ortho nitro benzene ring substituents is 1. The third-order valence-electron chi connectivity index (χ3n) is 6.46. The minimum absolute atomic E-state index is 0.00553. The summed E-state index contributed by atoms with van der Waals surface area (Å²) in [5.74, 6) is -1.54. The maximum Gasteiger partial charge on any atom is 0.301 e. The Morgan fingerprint density at radius 3 is 2.49 bits per heavy atom. The number of Topliss-reactive ketones (excluding diaryl/α,β-unsaturated/α-hetero) is 1. The number of carbonyl (C=O) groups excluding carboxylic acids is 2. The number of nitro groups is 1. The van der Waals surface area contributed by atoms with Gasteiger partial charge in [0.2, 0.25) is 0 Å². The van der Waals surface area contributed by atoms with Crippen LogP contribution < -0.4 is 4.90 Å². The van der Waals surface area contributed by atoms with Crippen LogP contribution in [0.25, 0.3) is 0 Å². The molecule has 0 saturated carbocycles. The molecule has 39 heavy (non-hydrogen) atoms. The molecule has 1 fully saturated rings. The Morgan fingerprint density at radius 1 is 1.15 bits per heavy atom. The summed E-state index contributed by atoms with van der Waals surface area (Å²) >= 11 is 2.57. The summed E-state index contributed by atoms with van der Waals surface area (Å²) in [6.07, 6.45) is 6.19. The van der Waals surface area contributed by atoms with Crippen LogP contribution in [0.5, 0.6) is 0 Å². The summed E-state index contributed by atoms with van der Waals surface area (Å²) < 4.78 is 0.733. The molecule has 0 radical (unpaired) electrons. The molecule has 2 aliphatic rings. The summed E-state index contributed by atoms with van der Waals surface area (Å²) in [5.41, 5.74) is 2.13. The van der Waals surface area contributed by atoms with Crippen LogP contribution in [0.1, 0.15) is 49.8 Å². The van der Waals surface area contributed by atoms with Crippen LogP contribution in [0.2, 0.25) is 0 Å². The van der Waals surface area contributed by atoms with Gasteiger partial charge in [0.05, 0.1) is 32.7 Å². The normalized spacial score (nSPS) is 18.6. The molecule has 3 heterocycles. The Bertz CT molecular complexity index is 1540. The van der Waals surface area contributed by atoms with Gasteiger partial charge in [-0.15, -0.1) is 0 Å². The molecule has 9 nitrogen and oxygen atoms in total. The first kappa shape index (κ1) is 26.5. The van der Waals surface area contributed by atoms with Crippen molar-refractivity contribution in [3.63, 3.8) is 0 Å². The summed E-state index contributed by atoms with van der Waals surface area (Å²) in [4.78, 5) is 48.0. The predicted molar refractivity (Wildman–Crippen MR) is 151 cm³/mol. The fourth-order valence-electron chi connectivity index (χ4n) is 4.41. The third-order valence-corrected chi connectivity index (χ3v) is 8.57. The number of aliphatic hydroxyl groups excluding tert-OH is 1. The Morgan fingerprint density at radius 2 is 1.87 bits per heavy atom. The lowest BCUT2D eigenvalue weighted by molar-refractivity contribution is -0.384. The molecule has 1 N–H and O–H groups in total. The van der Waals surface area contributed by atoms with E-state index in [4.69, 9.17) is 0 Å². The van der Waals surface area contributed by atoms with E-state index in [1.165, 1.54) is 40.1 Å². The zero-order valence-electron chi connectivity index (χ0n) is 21.1. The van der Waals surface area contributed by atoms with Gasteiger partial charge in [-0.05, 0) is 42.0 Å². The highest BCUT2D eigenvalue weighted by Gasteiger charge is 2.48. The number of carbonyl (C=O) groups is 2. The second-order valence-corrected chi connectivity index (χ2v) is 11.7. The lowest BCUT2D eigenvalue weighted by Crippen LogP contribution is -2.29. The van der Waals surface area contributed by atoms with E-state index >= 15 is 0 Å². The lowest BCUT2D eigenvalue weighted by Gasteiger charge is -2.23. The molecule has 0 spiro atoms. The van der Waals surface area contributed by atoms with Gasteiger partial charge in [0, 0.05) is 23.2 Å². The largest absolute Gasteiger partial charge is 0.506 e. The number of ketones is 1. The van der Waals surface area contributed by atoms with Crippen LogP contribution in [0.15, 0.2) is 92.4 Å². The third kappa shape index (κ3) is 5.27. The van der Waals surface area contributed by atoms with E-state index in [1.807, 2.05) is 30.3 Å². The summed E-state index contributed by atoms with van der Waals surface area (Å²) in [6.45, 7) is 4.16. The number of benzene rings is 2. The zero-order chi connectivity index (χ0) is 27.7. The number of aromatic nitrogens is 1. The van der Waals surface area contributed by atoms with Crippen molar-refractivity contribution in [1.82, 2.24) is 4.98 Å². The molecule has 1 aromatic heterocycles. The van der Waals surface area contributed by atoms with E-state index in [-0.39, 0.29) is 17.0 Å². The topological polar surface area (TPSA) is 126 Å². The molecule has 1 atom stereocenters. The standard InChI is InChI=1S/C28H24N4O5S2/c1-16(2)17-6-8-18(9-7-17)24-23(25(33)21-5-3-4-14-29-21)26(34)27(35)31(24)28-30-15-22(39-28)38-20-12-10-19(11-13-20)32(36)37/h4,6-16,24,33H,3,5H2,1-2H3. The lowest BCUT2D eigenvalue weighted by atomic mass is 9.93. The molecule has 1 saturated heterocycles. The monoisotopic (exact) mass is 560 g/mol. The molecule has 5 rings (SSSR count). The molecule has 2 aliphatic heterocycles. The molecule has 2 aromatic carbocycles. The minimum atomic E-state index is -0.872. The van der Waals surface area contributed by atoms with Gasteiger partial charge >= 0.3 is 5.91 Å². The average Bonchev–Trinajstić information content (AvgIpc) is 3.50. The Hall–Kier alpha value is -4.09. The van der Waals surface area contributed by atoms with E-state index in [1.54, 1.807) is 24.5 Å². The number of amides is 1. The molecule has 11 heteroatoms. The fourth-order valence-corrected chi connectivity index (χ4v) is 6.37. The maximum atomic E-state index is 13.4. The fraction of sp³-hybridized carbons (Fsp3) is 0.214. The van der Waals surface area contributed by atoms with E-state index in [2.05, 4.69) is 23.8 Å². The first-order valence-electron chi connectivity index (χ1n) is 12.3. The first-order chi connectivity index (χ1) is 18.7. The van der Waals surface area contributed by atoms with Gasteiger partial charge in [0.1, 0.15) is 5.76 Å². The summed E-state index contributed by atoms with van der Waals surface area (Å²) in [6, 6.07) is 12.9. The summed E-state index contributed by atoms with van der Waals surface area (Å²) in [7, 11) is 0. The van der Waals surface area contributed by atoms with E-state index in [0.717, 1.165) is 14.7 Å². The van der Waals surface area contributed by atoms with Crippen molar-refractivity contribution >= 4 is 51.3 Å². The Labute approximate surface area is 232 Å². The average molecular weight is 561 g/mol. The minimum Gasteiger partial charge on any atom is -0.506 e. The smallest absolute Gasteiger partial charge is 0.301 e. The first-order valence-corrected chi connectivity index (χ1v) is 13.9. The van der Waals surface area contributed by atoms with Crippen molar-refractivity contribution in [2.75, 3.05) is 4.90 Å². The SMILES string of the molecule is CC(C)c1ccc(C2C(=C(O)C3=NC=CCC3)C(=O)C(=O)N2c2ncc(Sc3ccc([N+](=O)[O-])cc3)s2)cc1. The van der Waals surface area contributed by atoms with Crippen molar-refractivity contribution in [3.05, 3.63) is 99.6 Å². The number of rotatable bonds is 7. The van der Waals surface area contributed by atoms with Gasteiger partial charge in [-0.25, -0.2) is 4.98 Å². The van der Waals surface area contributed by atoms with Gasteiger partial charge in [-0.1, -0.05) is 67.3 Å². The zero-order valence-corrected chi connectivity index (χ0v) is 22.7. The van der Waals surface area contributed by atoms with Crippen LogP contribution in [-0.2, 0) is 9.59 Å². The molecule has 3 aromatic rings. The second-order valence-electron chi connectivity index (χ2n) is 9.30. The van der Waals surface area contributed by atoms with Crippen LogP contribution in [0, 0.1) is 10.1 Å². The van der Waals surface area contributed by atoms with Crippen LogP contribution >= 0.6 is 23.1 Å². The maximum absolute atomic E-state index is 13.4. The van der Waals surface area contributed by atoms with E-state index in [9.17, 15) is 24.8 Å². The number of hydrogen-bond acceptors (Lipinski definition) is 9. The number of nitrogens with zero attached hydrogens (tertiary/aromatic N) is 4. The van der Waals surface area contributed by atoms with Crippen molar-refractivity contribution in [3.8, 4) is 0 Å². The predicted octanol–water partition coefficient (Wildman–Crippen LogP) is 6.54. The van der Waals surface area contributed by atoms with Crippen molar-refractivity contribution in [1.29, 1.82) is 0 Å². The molecule has 1 amide bonds. The van der Waals surface area contributed by atoms with Gasteiger partial charge < -0.3 is 5.11 Å². The Kier molecular flexibility index (Phi) is 7.45. The van der Waals surface area contributed by atoms with Crippen LogP contribution in [0.4, 0.5) is 10.8 Å². The molecular weight excluding hydrogens is 536 g/mol. The summed E-state index contributed by atoms with van der Waals surface area (Å²) in [5, 5.41) is 22.5. The number of anilines is 1. The van der Waals surface area contributed by atoms with Gasteiger partial charge in [-0.3, -0.25) is 29.6 Å². The van der Waals surface area contributed by atoms with Gasteiger partial charge in [0.15, 0.2) is 5.13 Å². The van der Waals surface area contributed by atoms with Crippen molar-refractivity contribution < 1.29 is 19.6 Å². The highest BCUT2D eigenvalue weighted by atomic mass is 32.2. The molecule has 198 valence electrons. The molecular formula is C28H24N4O5S2. The number of nitro benzene ring substituents is 1. The van der Waals surface area contributed by atoms with Crippen molar-refractivity contribution in [2.45, 2.75) is 47.8 Å². The van der Waals surface area contributed by atoms with E-state index in [0.29, 0.717) is 35.2 Å². The van der Waals surface area contributed by atoms with Gasteiger partial charge in [0.25, 0.3) is 11.5 Å². The second kappa shape index (κ2) is 11.0. The van der Waals surface area contributed by atoms with E-state index < -0.39 is 22.7 Å². The number of allylic oxidation sites excluding steroid dienone is 2. The van der Waals surface area contributed by atoms with Crippen LogP contribution in [0.3, 0.4) is 0 Å². The number of aliphatic imine (C=N–C) groups is 1. The highest BCUT2D eigenvalue weighted by Crippen LogP contribution is 2.44. The molecule has 1 unspecified atom stereocenters. The number of hydrogen-bond donors (Lipinski definition) is 1. The quantitative estimate of drug-likeness (QED) is 0.114. The van der Waals surface area contributed by atoms with Gasteiger partial charge in [-0.2, -0.15) is 0 Å². The molecule has 0 aliphatic carbocycles. The molecule has 0 bridgehead atoms. The Balaban J connectivity index is 1.54.